The van der Waals surface area contributed by atoms with Crippen molar-refractivity contribution in [3.63, 3.8) is 0 Å². The molecule has 0 bridgehead atoms. The van der Waals surface area contributed by atoms with Gasteiger partial charge in [-0.2, -0.15) is 4.25 Å². The highest BCUT2D eigenvalue weighted by atomic mass is 31.2. The highest BCUT2D eigenvalue weighted by molar-refractivity contribution is 7.55. The van der Waals surface area contributed by atoms with E-state index in [4.69, 9.17) is 0 Å². The lowest BCUT2D eigenvalue weighted by Crippen LogP contribution is -2.40. The molecule has 0 fully saturated rings. The van der Waals surface area contributed by atoms with Crippen LogP contribution in [0, 0.1) is 0 Å². The SMILES string of the molecule is C=CC(=O)[N+](C)(C)P(=O)(O)C=C. The lowest BCUT2D eigenvalue weighted by molar-refractivity contribution is -0.689. The molecule has 0 aromatic carbocycles. The summed E-state index contributed by atoms with van der Waals surface area (Å²) in [4.78, 5) is 20.4. The maximum atomic E-state index is 11.3. The van der Waals surface area contributed by atoms with Crippen LogP contribution in [-0.2, 0) is 9.36 Å². The first-order valence-corrected chi connectivity index (χ1v) is 4.95. The lowest BCUT2D eigenvalue weighted by Gasteiger charge is -2.27. The van der Waals surface area contributed by atoms with Crippen molar-refractivity contribution in [2.45, 2.75) is 0 Å². The van der Waals surface area contributed by atoms with Gasteiger partial charge in [0.1, 0.15) is 0 Å². The number of carbonyl (C=O) groups is 1. The van der Waals surface area contributed by atoms with Gasteiger partial charge in [-0.15, -0.1) is 0 Å². The van der Waals surface area contributed by atoms with E-state index in [9.17, 15) is 14.3 Å². The molecule has 0 spiro atoms. The van der Waals surface area contributed by atoms with Gasteiger partial charge >= 0.3 is 13.4 Å². The van der Waals surface area contributed by atoms with E-state index < -0.39 is 17.7 Å². The minimum absolute atomic E-state index is 0.513. The molecule has 1 unspecified atom stereocenters. The van der Waals surface area contributed by atoms with Crippen molar-refractivity contribution < 1.29 is 18.5 Å². The van der Waals surface area contributed by atoms with Crippen molar-refractivity contribution in [3.05, 3.63) is 25.1 Å². The first-order chi connectivity index (χ1) is 5.29. The highest BCUT2D eigenvalue weighted by Gasteiger charge is 2.41. The summed E-state index contributed by atoms with van der Waals surface area (Å²) in [5.74, 6) is 0.384. The van der Waals surface area contributed by atoms with Crippen LogP contribution in [0.5, 0.6) is 0 Å². The summed E-state index contributed by atoms with van der Waals surface area (Å²) >= 11 is 0. The minimum Gasteiger partial charge on any atom is -0.298 e. The largest absolute Gasteiger partial charge is 0.410 e. The Labute approximate surface area is 71.9 Å². The Morgan fingerprint density at radius 2 is 1.92 bits per heavy atom. The number of hydrogen-bond donors (Lipinski definition) is 1. The number of amides is 1. The molecule has 0 rings (SSSR count). The fourth-order valence-electron chi connectivity index (χ4n) is 0.569. The van der Waals surface area contributed by atoms with Gasteiger partial charge in [0, 0.05) is 6.08 Å². The molecule has 0 heterocycles. The van der Waals surface area contributed by atoms with Gasteiger partial charge in [-0.05, 0) is 0 Å². The molecular weight excluding hydrogens is 177 g/mol. The minimum atomic E-state index is -3.67. The van der Waals surface area contributed by atoms with Crippen LogP contribution in [0.3, 0.4) is 0 Å². The van der Waals surface area contributed by atoms with Crippen molar-refractivity contribution in [1.29, 1.82) is 0 Å². The van der Waals surface area contributed by atoms with Gasteiger partial charge in [0.2, 0.25) is 0 Å². The summed E-state index contributed by atoms with van der Waals surface area (Å²) < 4.78 is 10.7. The first-order valence-electron chi connectivity index (χ1n) is 3.27. The maximum absolute atomic E-state index is 11.3. The molecular formula is C7H13NO3P+. The zero-order valence-corrected chi connectivity index (χ0v) is 8.12. The molecule has 0 radical (unpaired) electrons. The second kappa shape index (κ2) is 3.35. The Morgan fingerprint density at radius 3 is 2.17 bits per heavy atom. The number of hydrogen-bond acceptors (Lipinski definition) is 2. The van der Waals surface area contributed by atoms with Gasteiger partial charge in [0.15, 0.2) is 0 Å². The number of quaternary nitrogens is 1. The summed E-state index contributed by atoms with van der Waals surface area (Å²) in [6.07, 6.45) is 1.02. The second-order valence-electron chi connectivity index (χ2n) is 2.71. The van der Waals surface area contributed by atoms with Gasteiger partial charge in [0.05, 0.1) is 19.9 Å². The molecule has 4 nitrogen and oxygen atoms in total. The zero-order chi connectivity index (χ0) is 9.99. The van der Waals surface area contributed by atoms with Crippen LogP contribution in [0.1, 0.15) is 0 Å². The number of likely N-dealkylation sites (N-methyl/N-ethyl adjacent to an activating group) is 1. The molecule has 0 aromatic rings. The van der Waals surface area contributed by atoms with Crippen molar-refractivity contribution in [2.75, 3.05) is 14.1 Å². The Kier molecular flexibility index (Phi) is 3.16. The zero-order valence-electron chi connectivity index (χ0n) is 7.23. The molecule has 5 heteroatoms. The molecule has 0 saturated heterocycles. The third-order valence-electron chi connectivity index (χ3n) is 1.67. The van der Waals surface area contributed by atoms with Crippen molar-refractivity contribution in [1.82, 2.24) is 0 Å². The van der Waals surface area contributed by atoms with Crippen LogP contribution < -0.4 is 0 Å². The molecule has 0 aliphatic carbocycles. The van der Waals surface area contributed by atoms with Crippen LogP contribution in [0.4, 0.5) is 0 Å². The van der Waals surface area contributed by atoms with E-state index in [1.54, 1.807) is 0 Å². The van der Waals surface area contributed by atoms with E-state index >= 15 is 0 Å². The molecule has 0 aliphatic rings. The number of nitrogens with zero attached hydrogens (tertiary/aromatic N) is 1. The van der Waals surface area contributed by atoms with E-state index in [2.05, 4.69) is 13.2 Å². The van der Waals surface area contributed by atoms with Crippen molar-refractivity contribution in [3.8, 4) is 0 Å². The monoisotopic (exact) mass is 190 g/mol. The lowest BCUT2D eigenvalue weighted by atomic mass is 10.5. The van der Waals surface area contributed by atoms with Gasteiger partial charge in [-0.1, -0.05) is 13.2 Å². The summed E-state index contributed by atoms with van der Waals surface area (Å²) in [7, 11) is -0.989. The summed E-state index contributed by atoms with van der Waals surface area (Å²) in [5, 5.41) is 0. The van der Waals surface area contributed by atoms with Gasteiger partial charge in [-0.25, -0.2) is 9.36 Å². The van der Waals surface area contributed by atoms with Crippen molar-refractivity contribution in [2.24, 2.45) is 0 Å². The van der Waals surface area contributed by atoms with E-state index in [0.29, 0.717) is 0 Å². The van der Waals surface area contributed by atoms with E-state index in [0.717, 1.165) is 11.9 Å². The molecule has 0 aliphatic heterocycles. The molecule has 1 atom stereocenters. The standard InChI is InChI=1S/C7H12NO3P/c1-5-7(9)8(3,4)12(10,11)6-2/h5-6H,1-2H2,3-4H3/p+1. The smallest absolute Gasteiger partial charge is 0.298 e. The average molecular weight is 190 g/mol. The quantitative estimate of drug-likeness (QED) is 0.535. The Bertz CT molecular complexity index is 270. The molecule has 12 heavy (non-hydrogen) atoms. The summed E-state index contributed by atoms with van der Waals surface area (Å²) in [6, 6.07) is 0. The van der Waals surface area contributed by atoms with Crippen LogP contribution in [0.2, 0.25) is 0 Å². The normalized spacial score (nSPS) is 16.2. The topological polar surface area (TPSA) is 54.4 Å². The summed E-state index contributed by atoms with van der Waals surface area (Å²) in [5.41, 5.74) is 0. The van der Waals surface area contributed by atoms with E-state index in [1.807, 2.05) is 0 Å². The number of rotatable bonds is 3. The fourth-order valence-corrected chi connectivity index (χ4v) is 1.34. The molecule has 0 aromatic heterocycles. The highest BCUT2D eigenvalue weighted by Crippen LogP contribution is 2.50. The fraction of sp³-hybridized carbons (Fsp3) is 0.286. The molecule has 1 N–H and O–H groups in total. The Hall–Kier alpha value is -0.700. The average Bonchev–Trinajstić information content (AvgIpc) is 2.02. The second-order valence-corrected chi connectivity index (χ2v) is 5.25. The first kappa shape index (κ1) is 11.3. The van der Waals surface area contributed by atoms with E-state index in [-0.39, 0.29) is 0 Å². The van der Waals surface area contributed by atoms with Gasteiger partial charge in [-0.3, -0.25) is 4.89 Å². The Morgan fingerprint density at radius 1 is 1.50 bits per heavy atom. The van der Waals surface area contributed by atoms with Gasteiger partial charge in [0.25, 0.3) is 0 Å². The molecule has 68 valence electrons. The predicted octanol–water partition coefficient (Wildman–Crippen LogP) is 1.10. The maximum Gasteiger partial charge on any atom is 0.410 e. The van der Waals surface area contributed by atoms with Crippen LogP contribution in [-0.4, -0.2) is 29.1 Å². The van der Waals surface area contributed by atoms with Crippen LogP contribution in [0.25, 0.3) is 0 Å². The molecule has 1 amide bonds. The van der Waals surface area contributed by atoms with Gasteiger partial charge < -0.3 is 0 Å². The molecule has 0 saturated carbocycles. The van der Waals surface area contributed by atoms with Crippen molar-refractivity contribution >= 4 is 13.4 Å². The third-order valence-corrected chi connectivity index (χ3v) is 3.77. The Balaban J connectivity index is 5.10. The summed E-state index contributed by atoms with van der Waals surface area (Å²) in [6.45, 7) is 6.44. The van der Waals surface area contributed by atoms with E-state index in [1.165, 1.54) is 14.1 Å². The van der Waals surface area contributed by atoms with Crippen LogP contribution >= 0.6 is 7.52 Å². The number of carbonyl (C=O) groups excluding carboxylic acids is 1. The predicted molar refractivity (Wildman–Crippen MR) is 47.3 cm³/mol. The van der Waals surface area contributed by atoms with Crippen LogP contribution in [0.15, 0.2) is 25.1 Å². The third kappa shape index (κ3) is 1.72.